The average molecular weight is 526 g/mol. The maximum Gasteiger partial charge on any atom is 0.253 e. The number of para-hydroxylation sites is 1. The van der Waals surface area contributed by atoms with Gasteiger partial charge < -0.3 is 10.2 Å². The van der Waals surface area contributed by atoms with Crippen molar-refractivity contribution in [2.24, 2.45) is 5.10 Å². The molecule has 3 aromatic carbocycles. The highest BCUT2D eigenvalue weighted by Gasteiger charge is 2.38. The number of benzene rings is 3. The molecule has 2 aliphatic rings. The minimum absolute atomic E-state index is 0.0206. The number of aromatic nitrogens is 3. The monoisotopic (exact) mass is 525 g/mol. The van der Waals surface area contributed by atoms with Gasteiger partial charge in [0.25, 0.3) is 11.9 Å². The number of fused-ring (bicyclic) bond motifs is 3. The number of anilines is 1. The second kappa shape index (κ2) is 10.0. The van der Waals surface area contributed by atoms with E-state index in [9.17, 15) is 4.79 Å². The zero-order chi connectivity index (χ0) is 26.2. The van der Waals surface area contributed by atoms with E-state index >= 15 is 0 Å². The van der Waals surface area contributed by atoms with Gasteiger partial charge in [-0.25, -0.2) is 5.01 Å². The van der Waals surface area contributed by atoms with Crippen molar-refractivity contribution in [1.82, 2.24) is 25.0 Å². The molecule has 1 saturated heterocycles. The Morgan fingerprint density at radius 3 is 2.37 bits per heavy atom. The second-order valence-electron chi connectivity index (χ2n) is 9.59. The minimum atomic E-state index is -0.729. The minimum Gasteiger partial charge on any atom is -0.338 e. The van der Waals surface area contributed by atoms with Crippen molar-refractivity contribution < 1.29 is 4.79 Å². The predicted molar refractivity (Wildman–Crippen MR) is 149 cm³/mol. The van der Waals surface area contributed by atoms with Gasteiger partial charge in [-0.15, -0.1) is 10.2 Å². The highest BCUT2D eigenvalue weighted by Crippen LogP contribution is 2.36. The Hall–Kier alpha value is -4.01. The summed E-state index contributed by atoms with van der Waals surface area (Å²) < 4.78 is 1.98. The van der Waals surface area contributed by atoms with Gasteiger partial charge in [0.2, 0.25) is 0 Å². The van der Waals surface area contributed by atoms with Crippen molar-refractivity contribution in [2.45, 2.75) is 19.9 Å². The lowest BCUT2D eigenvalue weighted by Crippen LogP contribution is -2.50. The van der Waals surface area contributed by atoms with Crippen LogP contribution in [0.3, 0.4) is 0 Å². The van der Waals surface area contributed by atoms with Crippen molar-refractivity contribution in [3.8, 4) is 5.69 Å². The molecule has 192 valence electrons. The van der Waals surface area contributed by atoms with Gasteiger partial charge in [-0.1, -0.05) is 71.8 Å². The Morgan fingerprint density at radius 1 is 0.921 bits per heavy atom. The van der Waals surface area contributed by atoms with Crippen LogP contribution >= 0.6 is 11.6 Å². The van der Waals surface area contributed by atoms with E-state index in [1.54, 1.807) is 5.01 Å². The number of halogens is 1. The lowest BCUT2D eigenvalue weighted by atomic mass is 10.0. The first kappa shape index (κ1) is 24.3. The molecule has 1 unspecified atom stereocenters. The molecule has 0 bridgehead atoms. The van der Waals surface area contributed by atoms with Crippen LogP contribution in [0.4, 0.5) is 5.95 Å². The summed E-state index contributed by atoms with van der Waals surface area (Å²) in [7, 11) is 0. The Labute approximate surface area is 226 Å². The Morgan fingerprint density at radius 2 is 1.63 bits per heavy atom. The maximum atomic E-state index is 14.3. The fourth-order valence-electron chi connectivity index (χ4n) is 5.05. The van der Waals surface area contributed by atoms with Crippen LogP contribution in [0, 0.1) is 13.8 Å². The molecular weight excluding hydrogens is 498 g/mol. The van der Waals surface area contributed by atoms with Gasteiger partial charge in [-0.2, -0.15) is 5.10 Å². The summed E-state index contributed by atoms with van der Waals surface area (Å²) in [6.45, 7) is 6.73. The van der Waals surface area contributed by atoms with E-state index < -0.39 is 6.04 Å². The van der Waals surface area contributed by atoms with Gasteiger partial charge in [0.05, 0.1) is 5.69 Å². The zero-order valence-corrected chi connectivity index (χ0v) is 22.1. The Bertz CT molecular complexity index is 1500. The molecule has 1 N–H and O–H groups in total. The van der Waals surface area contributed by atoms with Crippen molar-refractivity contribution in [3.63, 3.8) is 0 Å². The first-order valence-corrected chi connectivity index (χ1v) is 13.1. The van der Waals surface area contributed by atoms with Crippen molar-refractivity contribution >= 4 is 29.2 Å². The van der Waals surface area contributed by atoms with E-state index in [0.717, 1.165) is 46.7 Å². The number of amides is 1. The van der Waals surface area contributed by atoms with Crippen molar-refractivity contribution in [2.75, 3.05) is 31.2 Å². The number of carbonyl (C=O) groups is 1. The van der Waals surface area contributed by atoms with Gasteiger partial charge in [-0.3, -0.25) is 9.36 Å². The lowest BCUT2D eigenvalue weighted by Gasteiger charge is -2.34. The summed E-state index contributed by atoms with van der Waals surface area (Å²) in [5.41, 5.74) is 5.40. The SMILES string of the molecule is Cc1ccc(C(C(=O)N2CCNCC2)N2N=C(c3ccc(Cl)cc3)c3ccccc3-n3c(C)nnc32)cc1. The first-order valence-electron chi connectivity index (χ1n) is 12.7. The van der Waals surface area contributed by atoms with Crippen LogP contribution in [-0.2, 0) is 4.79 Å². The second-order valence-corrected chi connectivity index (χ2v) is 10.0. The van der Waals surface area contributed by atoms with Gasteiger partial charge in [0.1, 0.15) is 11.5 Å². The molecule has 0 saturated carbocycles. The molecule has 38 heavy (non-hydrogen) atoms. The number of rotatable bonds is 4. The van der Waals surface area contributed by atoms with E-state index in [2.05, 4.69) is 15.5 Å². The number of piperazine rings is 1. The molecular formula is C29H28ClN7O. The van der Waals surface area contributed by atoms with E-state index in [0.29, 0.717) is 29.9 Å². The van der Waals surface area contributed by atoms with Gasteiger partial charge >= 0.3 is 0 Å². The quantitative estimate of drug-likeness (QED) is 0.430. The Kier molecular flexibility index (Phi) is 6.43. The van der Waals surface area contributed by atoms with Crippen LogP contribution in [0.15, 0.2) is 77.9 Å². The molecule has 2 aliphatic heterocycles. The number of nitrogens with zero attached hydrogens (tertiary/aromatic N) is 6. The number of hydrogen-bond donors (Lipinski definition) is 1. The van der Waals surface area contributed by atoms with Crippen LogP contribution in [0.2, 0.25) is 5.02 Å². The van der Waals surface area contributed by atoms with E-state index in [-0.39, 0.29) is 5.91 Å². The van der Waals surface area contributed by atoms with Crippen LogP contribution in [-0.4, -0.2) is 57.5 Å². The third kappa shape index (κ3) is 4.36. The summed E-state index contributed by atoms with van der Waals surface area (Å²) in [5, 5.41) is 19.9. The third-order valence-electron chi connectivity index (χ3n) is 7.04. The van der Waals surface area contributed by atoms with Gasteiger partial charge in [0, 0.05) is 42.3 Å². The smallest absolute Gasteiger partial charge is 0.253 e. The summed E-state index contributed by atoms with van der Waals surface area (Å²) in [6, 6.07) is 23.0. The zero-order valence-electron chi connectivity index (χ0n) is 21.3. The largest absolute Gasteiger partial charge is 0.338 e. The topological polar surface area (TPSA) is 78.7 Å². The average Bonchev–Trinajstić information content (AvgIpc) is 3.26. The molecule has 0 radical (unpaired) electrons. The standard InChI is InChI=1S/C29H28ClN7O/c1-19-7-9-22(10-8-19)27(28(38)35-17-15-31-16-18-35)37-29-33-32-20(2)36(29)25-6-4-3-5-24(25)26(34-37)21-11-13-23(30)14-12-21/h3-14,27,31H,15-18H2,1-2H3. The van der Waals surface area contributed by atoms with Crippen LogP contribution < -0.4 is 10.3 Å². The van der Waals surface area contributed by atoms with Crippen molar-refractivity contribution in [1.29, 1.82) is 0 Å². The van der Waals surface area contributed by atoms with E-state index in [1.807, 2.05) is 96.1 Å². The molecule has 1 fully saturated rings. The molecule has 1 atom stereocenters. The molecule has 4 aromatic rings. The highest BCUT2D eigenvalue weighted by atomic mass is 35.5. The first-order chi connectivity index (χ1) is 18.5. The molecule has 9 heteroatoms. The summed E-state index contributed by atoms with van der Waals surface area (Å²) >= 11 is 6.23. The molecule has 1 aromatic heterocycles. The number of hydrazone groups is 1. The van der Waals surface area contributed by atoms with Gasteiger partial charge in [0.15, 0.2) is 6.04 Å². The molecule has 0 spiro atoms. The number of carbonyl (C=O) groups excluding carboxylic acids is 1. The summed E-state index contributed by atoms with van der Waals surface area (Å²) in [5.74, 6) is 1.18. The van der Waals surface area contributed by atoms with E-state index in [4.69, 9.17) is 16.7 Å². The predicted octanol–water partition coefficient (Wildman–Crippen LogP) is 4.28. The molecule has 0 aliphatic carbocycles. The van der Waals surface area contributed by atoms with Gasteiger partial charge in [-0.05, 0) is 37.6 Å². The van der Waals surface area contributed by atoms with Crippen LogP contribution in [0.1, 0.15) is 34.1 Å². The fourth-order valence-corrected chi connectivity index (χ4v) is 5.17. The number of hydrogen-bond acceptors (Lipinski definition) is 6. The number of aryl methyl sites for hydroxylation is 2. The molecule has 3 heterocycles. The third-order valence-corrected chi connectivity index (χ3v) is 7.29. The highest BCUT2D eigenvalue weighted by molar-refractivity contribution is 6.30. The summed E-state index contributed by atoms with van der Waals surface area (Å²) in [4.78, 5) is 16.2. The number of nitrogens with one attached hydrogen (secondary N) is 1. The Balaban J connectivity index is 1.60. The normalized spacial score (nSPS) is 15.8. The fraction of sp³-hybridized carbons (Fsp3) is 0.241. The van der Waals surface area contributed by atoms with Crippen LogP contribution in [0.25, 0.3) is 5.69 Å². The molecule has 8 nitrogen and oxygen atoms in total. The summed E-state index contributed by atoms with van der Waals surface area (Å²) in [6.07, 6.45) is 0. The van der Waals surface area contributed by atoms with Crippen molar-refractivity contribution in [3.05, 3.63) is 106 Å². The maximum absolute atomic E-state index is 14.3. The molecule has 1 amide bonds. The van der Waals surface area contributed by atoms with Crippen LogP contribution in [0.5, 0.6) is 0 Å². The molecule has 6 rings (SSSR count). The van der Waals surface area contributed by atoms with E-state index in [1.165, 1.54) is 0 Å². The lowest BCUT2D eigenvalue weighted by molar-refractivity contribution is -0.133.